The number of benzene rings is 3. The third-order valence-corrected chi connectivity index (χ3v) is 5.71. The number of carbonyl (C=O) groups is 1. The van der Waals surface area contributed by atoms with E-state index in [-0.39, 0.29) is 12.5 Å². The summed E-state index contributed by atoms with van der Waals surface area (Å²) in [5.74, 6) is 0.122. The summed E-state index contributed by atoms with van der Waals surface area (Å²) in [6, 6.07) is 19.2. The molecule has 0 unspecified atom stereocenters. The Hall–Kier alpha value is -3.50. The van der Waals surface area contributed by atoms with Crippen LogP contribution in [0.5, 0.6) is 5.75 Å². The third kappa shape index (κ3) is 5.29. The number of carbonyl (C=O) groups excluding carboxylic acids is 1. The number of para-hydroxylation sites is 2. The fraction of sp³-hybridized carbons (Fsp3) is 0.0435. The van der Waals surface area contributed by atoms with Crippen LogP contribution in [0.4, 0.5) is 5.69 Å². The maximum absolute atomic E-state index is 12.6. The van der Waals surface area contributed by atoms with E-state index in [1.54, 1.807) is 48.5 Å². The number of nitrogens with zero attached hydrogens (tertiary/aromatic N) is 2. The predicted octanol–water partition coefficient (Wildman–Crippen LogP) is 4.11. The van der Waals surface area contributed by atoms with Gasteiger partial charge in [-0.2, -0.15) is 5.10 Å². The summed E-state index contributed by atoms with van der Waals surface area (Å²) in [6.07, 6.45) is 1.38. The Morgan fingerprint density at radius 3 is 2.42 bits per heavy atom. The molecule has 10 heteroatoms. The summed E-state index contributed by atoms with van der Waals surface area (Å²) in [6.45, 7) is -0.193. The van der Waals surface area contributed by atoms with Gasteiger partial charge in [-0.05, 0) is 73.8 Å². The van der Waals surface area contributed by atoms with Gasteiger partial charge in [-0.1, -0.05) is 30.3 Å². The van der Waals surface area contributed by atoms with Gasteiger partial charge < -0.3 is 15.0 Å². The van der Waals surface area contributed by atoms with Crippen LogP contribution in [0.2, 0.25) is 0 Å². The molecule has 166 valence electrons. The molecule has 3 aromatic carbocycles. The molecule has 0 radical (unpaired) electrons. The van der Waals surface area contributed by atoms with Gasteiger partial charge in [-0.15, -0.1) is 4.68 Å². The van der Waals surface area contributed by atoms with E-state index < -0.39 is 11.2 Å². The molecule has 0 aliphatic carbocycles. The van der Waals surface area contributed by atoms with Crippen molar-refractivity contribution in [3.63, 3.8) is 0 Å². The molecule has 1 aromatic heterocycles. The number of rotatable bonds is 6. The van der Waals surface area contributed by atoms with Gasteiger partial charge in [0, 0.05) is 5.69 Å². The van der Waals surface area contributed by atoms with E-state index in [4.69, 9.17) is 4.74 Å². The average molecular weight is 572 g/mol. The van der Waals surface area contributed by atoms with Crippen LogP contribution in [-0.4, -0.2) is 28.4 Å². The third-order valence-electron chi connectivity index (χ3n) is 4.53. The Morgan fingerprint density at radius 1 is 1.03 bits per heavy atom. The van der Waals surface area contributed by atoms with Crippen molar-refractivity contribution in [3.05, 3.63) is 102 Å². The van der Waals surface area contributed by atoms with Gasteiger partial charge in [-0.3, -0.25) is 9.59 Å². The minimum Gasteiger partial charge on any atom is -0.481 e. The van der Waals surface area contributed by atoms with Gasteiger partial charge in [0.25, 0.3) is 11.5 Å². The molecule has 1 amide bonds. The number of hydrogen-bond donors (Lipinski definition) is 2. The van der Waals surface area contributed by atoms with E-state index in [0.717, 1.165) is 4.68 Å². The SMILES string of the molecule is O=C(COc1c(Br)cc(C=Nn2c(=O)[nH]c3ccccc3c2=O)cc1Br)Nc1ccccc1. The minimum atomic E-state index is -0.641. The molecule has 0 bridgehead atoms. The Labute approximate surface area is 204 Å². The van der Waals surface area contributed by atoms with Crippen molar-refractivity contribution in [1.82, 2.24) is 9.66 Å². The summed E-state index contributed by atoms with van der Waals surface area (Å²) in [4.78, 5) is 39.6. The minimum absolute atomic E-state index is 0.193. The van der Waals surface area contributed by atoms with Gasteiger partial charge >= 0.3 is 5.69 Å². The van der Waals surface area contributed by atoms with Crippen LogP contribution in [0.3, 0.4) is 0 Å². The molecule has 8 nitrogen and oxygen atoms in total. The number of amides is 1. The van der Waals surface area contributed by atoms with E-state index in [1.807, 2.05) is 18.2 Å². The second-order valence-electron chi connectivity index (χ2n) is 6.85. The Morgan fingerprint density at radius 2 is 1.70 bits per heavy atom. The van der Waals surface area contributed by atoms with Crippen molar-refractivity contribution in [2.75, 3.05) is 11.9 Å². The number of hydrogen-bond acceptors (Lipinski definition) is 5. The lowest BCUT2D eigenvalue weighted by molar-refractivity contribution is -0.118. The molecule has 0 fully saturated rings. The number of H-pyrrole nitrogens is 1. The number of anilines is 1. The van der Waals surface area contributed by atoms with Crippen LogP contribution < -0.4 is 21.3 Å². The normalized spacial score (nSPS) is 11.1. The van der Waals surface area contributed by atoms with Crippen molar-refractivity contribution in [1.29, 1.82) is 0 Å². The van der Waals surface area contributed by atoms with Crippen molar-refractivity contribution in [2.45, 2.75) is 0 Å². The first-order valence-electron chi connectivity index (χ1n) is 9.67. The highest BCUT2D eigenvalue weighted by Gasteiger charge is 2.12. The highest BCUT2D eigenvalue weighted by molar-refractivity contribution is 9.11. The predicted molar refractivity (Wildman–Crippen MR) is 134 cm³/mol. The Balaban J connectivity index is 1.51. The molecule has 0 spiro atoms. The fourth-order valence-corrected chi connectivity index (χ4v) is 4.48. The molecular formula is C23H16Br2N4O4. The molecule has 33 heavy (non-hydrogen) atoms. The van der Waals surface area contributed by atoms with Crippen LogP contribution >= 0.6 is 31.9 Å². The Bertz CT molecular complexity index is 1460. The molecule has 4 rings (SSSR count). The van der Waals surface area contributed by atoms with Crippen molar-refractivity contribution in [3.8, 4) is 5.75 Å². The standard InChI is InChI=1S/C23H16Br2N4O4/c24-17-10-14(12-26-29-22(31)16-8-4-5-9-19(16)28-23(29)32)11-18(25)21(17)33-13-20(30)27-15-6-2-1-3-7-15/h1-12H,13H2,(H,27,30)(H,28,32). The fourth-order valence-electron chi connectivity index (χ4n) is 3.03. The summed E-state index contributed by atoms with van der Waals surface area (Å²) >= 11 is 6.84. The van der Waals surface area contributed by atoms with Crippen LogP contribution in [0, 0.1) is 0 Å². The van der Waals surface area contributed by atoms with E-state index >= 15 is 0 Å². The molecule has 0 aliphatic rings. The summed E-state index contributed by atoms with van der Waals surface area (Å²) < 4.78 is 7.53. The first kappa shape index (κ1) is 22.7. The molecule has 0 atom stereocenters. The smallest absolute Gasteiger partial charge is 0.349 e. The van der Waals surface area contributed by atoms with E-state index in [9.17, 15) is 14.4 Å². The largest absolute Gasteiger partial charge is 0.481 e. The zero-order valence-electron chi connectivity index (χ0n) is 16.9. The van der Waals surface area contributed by atoms with Crippen LogP contribution in [-0.2, 0) is 4.79 Å². The lowest BCUT2D eigenvalue weighted by atomic mass is 10.2. The number of nitrogens with one attached hydrogen (secondary N) is 2. The zero-order valence-corrected chi connectivity index (χ0v) is 20.1. The highest BCUT2D eigenvalue weighted by atomic mass is 79.9. The van der Waals surface area contributed by atoms with Crippen LogP contribution in [0.1, 0.15) is 5.56 Å². The molecule has 4 aromatic rings. The molecule has 2 N–H and O–H groups in total. The maximum Gasteiger partial charge on any atom is 0.349 e. The molecule has 1 heterocycles. The molecular weight excluding hydrogens is 556 g/mol. The topological polar surface area (TPSA) is 106 Å². The van der Waals surface area contributed by atoms with Gasteiger partial charge in [0.1, 0.15) is 5.75 Å². The molecule has 0 aliphatic heterocycles. The van der Waals surface area contributed by atoms with Crippen molar-refractivity contribution in [2.24, 2.45) is 5.10 Å². The Kier molecular flexibility index (Phi) is 6.85. The van der Waals surface area contributed by atoms with Gasteiger partial charge in [0.05, 0.1) is 26.1 Å². The van der Waals surface area contributed by atoms with E-state index in [0.29, 0.717) is 36.8 Å². The lowest BCUT2D eigenvalue weighted by Crippen LogP contribution is -2.32. The van der Waals surface area contributed by atoms with Gasteiger partial charge in [-0.25, -0.2) is 4.79 Å². The van der Waals surface area contributed by atoms with Gasteiger partial charge in [0.15, 0.2) is 6.61 Å². The van der Waals surface area contributed by atoms with Crippen LogP contribution in [0.25, 0.3) is 10.9 Å². The first-order valence-corrected chi connectivity index (χ1v) is 11.3. The highest BCUT2D eigenvalue weighted by Crippen LogP contribution is 2.34. The van der Waals surface area contributed by atoms with E-state index in [1.165, 1.54) is 6.21 Å². The van der Waals surface area contributed by atoms with E-state index in [2.05, 4.69) is 47.3 Å². The second-order valence-corrected chi connectivity index (χ2v) is 8.56. The quantitative estimate of drug-likeness (QED) is 0.340. The monoisotopic (exact) mass is 570 g/mol. The summed E-state index contributed by atoms with van der Waals surface area (Å²) in [7, 11) is 0. The number of fused-ring (bicyclic) bond motifs is 1. The summed E-state index contributed by atoms with van der Waals surface area (Å²) in [5, 5.41) is 7.15. The maximum atomic E-state index is 12.6. The van der Waals surface area contributed by atoms with Gasteiger partial charge in [0.2, 0.25) is 0 Å². The molecule has 0 saturated heterocycles. The van der Waals surface area contributed by atoms with Crippen LogP contribution in [0.15, 0.2) is 90.4 Å². The number of aromatic amines is 1. The lowest BCUT2D eigenvalue weighted by Gasteiger charge is -2.11. The number of halogens is 2. The first-order chi connectivity index (χ1) is 15.9. The second kappa shape index (κ2) is 9.97. The summed E-state index contributed by atoms with van der Waals surface area (Å²) in [5.41, 5.74) is 0.553. The number of ether oxygens (including phenoxy) is 1. The molecule has 0 saturated carbocycles. The number of aromatic nitrogens is 2. The van der Waals surface area contributed by atoms with Crippen molar-refractivity contribution < 1.29 is 9.53 Å². The zero-order chi connectivity index (χ0) is 23.4. The van der Waals surface area contributed by atoms with Crippen molar-refractivity contribution >= 4 is 60.6 Å². The average Bonchev–Trinajstić information content (AvgIpc) is 2.79.